The minimum Gasteiger partial charge on any atom is -0.380 e. The zero-order valence-electron chi connectivity index (χ0n) is 10.4. The van der Waals surface area contributed by atoms with Crippen LogP contribution in [-0.4, -0.2) is 39.4 Å². The van der Waals surface area contributed by atoms with Crippen LogP contribution < -0.4 is 10.6 Å². The summed E-state index contributed by atoms with van der Waals surface area (Å²) in [5.41, 5.74) is 0.502. The molecule has 0 aromatic rings. The molecule has 0 bridgehead atoms. The second-order valence-electron chi connectivity index (χ2n) is 4.85. The third-order valence-corrected chi connectivity index (χ3v) is 3.45. The number of methoxy groups -OCH3 is 1. The molecular formula is C12H26N2O. The molecule has 1 aliphatic rings. The highest BCUT2D eigenvalue weighted by Gasteiger charge is 2.32. The lowest BCUT2D eigenvalue weighted by Gasteiger charge is -2.28. The maximum Gasteiger partial charge on any atom is 0.0667 e. The van der Waals surface area contributed by atoms with Crippen molar-refractivity contribution >= 4 is 0 Å². The van der Waals surface area contributed by atoms with Gasteiger partial charge in [-0.05, 0) is 31.7 Å². The summed E-state index contributed by atoms with van der Waals surface area (Å²) in [6, 6.07) is 0. The van der Waals surface area contributed by atoms with Gasteiger partial charge in [0.25, 0.3) is 0 Å². The Balaban J connectivity index is 2.26. The molecule has 0 saturated carbocycles. The Morgan fingerprint density at radius 3 is 2.87 bits per heavy atom. The summed E-state index contributed by atoms with van der Waals surface area (Å²) in [6.45, 7) is 8.82. The fraction of sp³-hybridized carbons (Fsp3) is 1.00. The van der Waals surface area contributed by atoms with E-state index in [2.05, 4.69) is 24.5 Å². The van der Waals surface area contributed by atoms with Gasteiger partial charge >= 0.3 is 0 Å². The zero-order chi connectivity index (χ0) is 11.1. The normalized spacial score (nSPS) is 28.2. The molecule has 2 N–H and O–H groups in total. The van der Waals surface area contributed by atoms with Gasteiger partial charge in [0.2, 0.25) is 0 Å². The Hall–Kier alpha value is -0.120. The Bertz CT molecular complexity index is 167. The maximum atomic E-state index is 5.23. The highest BCUT2D eigenvalue weighted by molar-refractivity contribution is 4.89. The predicted octanol–water partition coefficient (Wildman–Crippen LogP) is 1.39. The number of hydrogen-bond acceptors (Lipinski definition) is 3. The molecule has 1 aliphatic heterocycles. The number of ether oxygens (including phenoxy) is 1. The van der Waals surface area contributed by atoms with Gasteiger partial charge in [-0.2, -0.15) is 0 Å². The Morgan fingerprint density at radius 2 is 2.33 bits per heavy atom. The predicted molar refractivity (Wildman–Crippen MR) is 64.2 cm³/mol. The van der Waals surface area contributed by atoms with Gasteiger partial charge in [0, 0.05) is 26.7 Å². The van der Waals surface area contributed by atoms with Crippen molar-refractivity contribution in [3.63, 3.8) is 0 Å². The number of rotatable bonds is 7. The molecule has 15 heavy (non-hydrogen) atoms. The fourth-order valence-electron chi connectivity index (χ4n) is 2.40. The van der Waals surface area contributed by atoms with Crippen molar-refractivity contribution in [3.05, 3.63) is 0 Å². The van der Waals surface area contributed by atoms with Crippen LogP contribution in [0.2, 0.25) is 0 Å². The van der Waals surface area contributed by atoms with Crippen LogP contribution in [0.1, 0.15) is 33.1 Å². The van der Waals surface area contributed by atoms with Crippen LogP contribution in [0.15, 0.2) is 0 Å². The first-order valence-corrected chi connectivity index (χ1v) is 6.17. The number of hydrogen-bond donors (Lipinski definition) is 2. The maximum absolute atomic E-state index is 5.23. The summed E-state index contributed by atoms with van der Waals surface area (Å²) in [4.78, 5) is 0. The van der Waals surface area contributed by atoms with Gasteiger partial charge in [-0.3, -0.25) is 0 Å². The van der Waals surface area contributed by atoms with Crippen molar-refractivity contribution in [3.8, 4) is 0 Å². The molecule has 3 nitrogen and oxygen atoms in total. The van der Waals surface area contributed by atoms with Crippen molar-refractivity contribution in [2.24, 2.45) is 5.41 Å². The summed E-state index contributed by atoms with van der Waals surface area (Å²) in [7, 11) is 1.77. The van der Waals surface area contributed by atoms with Crippen LogP contribution in [0, 0.1) is 5.41 Å². The summed E-state index contributed by atoms with van der Waals surface area (Å²) < 4.78 is 5.23. The third-order valence-electron chi connectivity index (χ3n) is 3.45. The minimum atomic E-state index is 0.318. The molecule has 0 radical (unpaired) electrons. The van der Waals surface area contributed by atoms with Crippen molar-refractivity contribution in [2.45, 2.75) is 39.2 Å². The molecule has 3 heteroatoms. The summed E-state index contributed by atoms with van der Waals surface area (Å²) in [5.74, 6) is 0. The lowest BCUT2D eigenvalue weighted by atomic mass is 9.82. The topological polar surface area (TPSA) is 33.3 Å². The largest absolute Gasteiger partial charge is 0.380 e. The molecule has 1 saturated heterocycles. The van der Waals surface area contributed by atoms with Crippen LogP contribution in [0.3, 0.4) is 0 Å². The molecule has 1 fully saturated rings. The van der Waals surface area contributed by atoms with Crippen LogP contribution >= 0.6 is 0 Å². The van der Waals surface area contributed by atoms with E-state index < -0.39 is 0 Å². The first-order chi connectivity index (χ1) is 7.22. The van der Waals surface area contributed by atoms with Gasteiger partial charge in [0.15, 0.2) is 0 Å². The molecular weight excluding hydrogens is 188 g/mol. The van der Waals surface area contributed by atoms with E-state index in [-0.39, 0.29) is 0 Å². The van der Waals surface area contributed by atoms with Crippen molar-refractivity contribution in [2.75, 3.05) is 33.3 Å². The van der Waals surface area contributed by atoms with Gasteiger partial charge in [-0.25, -0.2) is 0 Å². The first kappa shape index (κ1) is 12.9. The van der Waals surface area contributed by atoms with E-state index in [0.717, 1.165) is 13.1 Å². The van der Waals surface area contributed by atoms with Gasteiger partial charge in [-0.1, -0.05) is 13.3 Å². The summed E-state index contributed by atoms with van der Waals surface area (Å²) in [6.07, 6.45) is 4.24. The molecule has 0 amide bonds. The van der Waals surface area contributed by atoms with Crippen molar-refractivity contribution in [1.82, 2.24) is 10.6 Å². The Labute approximate surface area is 94.0 Å². The van der Waals surface area contributed by atoms with E-state index in [9.17, 15) is 0 Å². The van der Waals surface area contributed by atoms with Crippen LogP contribution in [0.25, 0.3) is 0 Å². The first-order valence-electron chi connectivity index (χ1n) is 6.17. The second-order valence-corrected chi connectivity index (χ2v) is 4.85. The Kier molecular flexibility index (Phi) is 5.58. The molecule has 0 aliphatic carbocycles. The minimum absolute atomic E-state index is 0.318. The lowest BCUT2D eigenvalue weighted by molar-refractivity contribution is 0.113. The van der Waals surface area contributed by atoms with E-state index in [4.69, 9.17) is 4.74 Å². The molecule has 2 atom stereocenters. The molecule has 0 aromatic carbocycles. The average molecular weight is 214 g/mol. The lowest BCUT2D eigenvalue weighted by Crippen LogP contribution is -2.39. The molecule has 0 aromatic heterocycles. The van der Waals surface area contributed by atoms with Gasteiger partial charge in [-0.15, -0.1) is 0 Å². The van der Waals surface area contributed by atoms with E-state index in [0.29, 0.717) is 11.5 Å². The van der Waals surface area contributed by atoms with Crippen molar-refractivity contribution in [1.29, 1.82) is 0 Å². The van der Waals surface area contributed by atoms with Crippen LogP contribution in [-0.2, 0) is 4.74 Å². The van der Waals surface area contributed by atoms with Crippen LogP contribution in [0.4, 0.5) is 0 Å². The standard InChI is InChI=1S/C12H26N2O/c1-4-5-12(6-7-13-9-12)10-14-8-11(2)15-3/h11,13-14H,4-10H2,1-3H3. The molecule has 1 heterocycles. The Morgan fingerprint density at radius 1 is 1.53 bits per heavy atom. The molecule has 2 unspecified atom stereocenters. The second kappa shape index (κ2) is 6.46. The number of nitrogens with one attached hydrogen (secondary N) is 2. The smallest absolute Gasteiger partial charge is 0.0667 e. The van der Waals surface area contributed by atoms with E-state index >= 15 is 0 Å². The fourth-order valence-corrected chi connectivity index (χ4v) is 2.40. The average Bonchev–Trinajstić information content (AvgIpc) is 2.67. The quantitative estimate of drug-likeness (QED) is 0.672. The summed E-state index contributed by atoms with van der Waals surface area (Å²) >= 11 is 0. The van der Waals surface area contributed by atoms with Crippen molar-refractivity contribution < 1.29 is 4.74 Å². The van der Waals surface area contributed by atoms with E-state index in [1.807, 2.05) is 0 Å². The summed E-state index contributed by atoms with van der Waals surface area (Å²) in [5, 5.41) is 7.02. The SMILES string of the molecule is CCCC1(CNCC(C)OC)CCNC1. The third kappa shape index (κ3) is 4.09. The highest BCUT2D eigenvalue weighted by Crippen LogP contribution is 2.29. The van der Waals surface area contributed by atoms with Gasteiger partial charge in [0.05, 0.1) is 6.10 Å². The van der Waals surface area contributed by atoms with Gasteiger partial charge in [0.1, 0.15) is 0 Å². The zero-order valence-corrected chi connectivity index (χ0v) is 10.4. The molecule has 1 rings (SSSR count). The highest BCUT2D eigenvalue weighted by atomic mass is 16.5. The van der Waals surface area contributed by atoms with E-state index in [1.165, 1.54) is 32.4 Å². The monoisotopic (exact) mass is 214 g/mol. The van der Waals surface area contributed by atoms with E-state index in [1.54, 1.807) is 7.11 Å². The molecule has 90 valence electrons. The van der Waals surface area contributed by atoms with Crippen LogP contribution in [0.5, 0.6) is 0 Å². The van der Waals surface area contributed by atoms with Gasteiger partial charge < -0.3 is 15.4 Å². The molecule has 0 spiro atoms.